The molecular weight excluding hydrogens is 342 g/mol. The van der Waals surface area contributed by atoms with Crippen molar-refractivity contribution >= 4 is 34.3 Å². The highest BCUT2D eigenvalue weighted by atomic mass is 32.1. The van der Waals surface area contributed by atoms with Gasteiger partial charge in [-0.1, -0.05) is 18.2 Å². The van der Waals surface area contributed by atoms with Crippen LogP contribution in [0, 0.1) is 0 Å². The van der Waals surface area contributed by atoms with Crippen molar-refractivity contribution < 1.29 is 19.1 Å². The van der Waals surface area contributed by atoms with Gasteiger partial charge < -0.3 is 10.1 Å². The van der Waals surface area contributed by atoms with Crippen molar-refractivity contribution in [1.29, 1.82) is 0 Å². The Morgan fingerprint density at radius 2 is 1.96 bits per heavy atom. The summed E-state index contributed by atoms with van der Waals surface area (Å²) < 4.78 is 4.78. The molecule has 1 aromatic heterocycles. The second-order valence-corrected chi connectivity index (χ2v) is 5.90. The number of rotatable bonds is 8. The minimum absolute atomic E-state index is 0.0839. The second-order valence-electron chi connectivity index (χ2n) is 5.05. The van der Waals surface area contributed by atoms with Gasteiger partial charge in [0.25, 0.3) is 5.91 Å². The van der Waals surface area contributed by atoms with E-state index in [1.165, 1.54) is 11.3 Å². The zero-order valence-corrected chi connectivity index (χ0v) is 14.6. The van der Waals surface area contributed by atoms with Gasteiger partial charge in [0.05, 0.1) is 25.1 Å². The summed E-state index contributed by atoms with van der Waals surface area (Å²) in [6.07, 6.45) is 0.218. The summed E-state index contributed by atoms with van der Waals surface area (Å²) >= 11 is 1.25. The molecule has 25 heavy (non-hydrogen) atoms. The van der Waals surface area contributed by atoms with Gasteiger partial charge in [-0.25, -0.2) is 4.98 Å². The van der Waals surface area contributed by atoms with Crippen LogP contribution in [0.5, 0.6) is 0 Å². The molecule has 0 saturated carbocycles. The van der Waals surface area contributed by atoms with E-state index in [1.54, 1.807) is 36.6 Å². The van der Waals surface area contributed by atoms with Crippen LogP contribution in [0.25, 0.3) is 0 Å². The molecular formula is C17H19N3O4S. The van der Waals surface area contributed by atoms with E-state index in [9.17, 15) is 14.4 Å². The highest BCUT2D eigenvalue weighted by Crippen LogP contribution is 2.17. The van der Waals surface area contributed by atoms with Crippen LogP contribution in [0.2, 0.25) is 0 Å². The number of ether oxygens (including phenoxy) is 1. The number of aromatic nitrogens is 1. The van der Waals surface area contributed by atoms with Crippen molar-refractivity contribution in [3.63, 3.8) is 0 Å². The predicted molar refractivity (Wildman–Crippen MR) is 94.5 cm³/mol. The molecule has 2 amide bonds. The molecule has 0 fully saturated rings. The van der Waals surface area contributed by atoms with Crippen molar-refractivity contribution in [2.45, 2.75) is 19.8 Å². The Hall–Kier alpha value is -2.74. The Bertz CT molecular complexity index is 731. The molecule has 132 valence electrons. The van der Waals surface area contributed by atoms with E-state index < -0.39 is 0 Å². The zero-order valence-electron chi connectivity index (χ0n) is 13.8. The third-order valence-corrected chi connectivity index (χ3v) is 3.91. The topological polar surface area (TPSA) is 97.4 Å². The van der Waals surface area contributed by atoms with E-state index >= 15 is 0 Å². The molecule has 0 aliphatic rings. The fourth-order valence-corrected chi connectivity index (χ4v) is 2.67. The number of esters is 1. The van der Waals surface area contributed by atoms with Crippen molar-refractivity contribution in [3.8, 4) is 0 Å². The smallest absolute Gasteiger partial charge is 0.307 e. The van der Waals surface area contributed by atoms with Gasteiger partial charge in [-0.3, -0.25) is 19.7 Å². The summed E-state index contributed by atoms with van der Waals surface area (Å²) in [5.41, 5.74) is 1.10. The summed E-state index contributed by atoms with van der Waals surface area (Å²) in [6, 6.07) is 8.81. The first-order valence-electron chi connectivity index (χ1n) is 7.81. The summed E-state index contributed by atoms with van der Waals surface area (Å²) in [7, 11) is 0. The molecule has 7 nitrogen and oxygen atoms in total. The normalized spacial score (nSPS) is 10.1. The van der Waals surface area contributed by atoms with Crippen LogP contribution < -0.4 is 10.6 Å². The van der Waals surface area contributed by atoms with Crippen LogP contribution in [0.4, 0.5) is 5.13 Å². The first kappa shape index (κ1) is 18.6. The van der Waals surface area contributed by atoms with Gasteiger partial charge in [0.2, 0.25) is 5.91 Å². The summed E-state index contributed by atoms with van der Waals surface area (Å²) in [5.74, 6) is -0.835. The fourth-order valence-electron chi connectivity index (χ4n) is 1.97. The van der Waals surface area contributed by atoms with E-state index in [0.717, 1.165) is 0 Å². The maximum absolute atomic E-state index is 12.0. The monoisotopic (exact) mass is 361 g/mol. The van der Waals surface area contributed by atoms with E-state index in [1.807, 2.05) is 6.07 Å². The van der Waals surface area contributed by atoms with Crippen molar-refractivity contribution in [2.75, 3.05) is 18.5 Å². The summed E-state index contributed by atoms with van der Waals surface area (Å²) in [4.78, 5) is 39.3. The number of hydrogen-bond acceptors (Lipinski definition) is 6. The average molecular weight is 361 g/mol. The molecule has 0 radical (unpaired) electrons. The minimum atomic E-state index is -0.345. The van der Waals surface area contributed by atoms with E-state index in [0.29, 0.717) is 23.0 Å². The van der Waals surface area contributed by atoms with Gasteiger partial charge in [0.15, 0.2) is 5.13 Å². The second kappa shape index (κ2) is 9.53. The molecule has 2 rings (SSSR count). The number of carbonyl (C=O) groups excluding carboxylic acids is 3. The van der Waals surface area contributed by atoms with Gasteiger partial charge in [0, 0.05) is 17.5 Å². The highest BCUT2D eigenvalue weighted by molar-refractivity contribution is 7.14. The molecule has 0 bridgehead atoms. The molecule has 0 spiro atoms. The number of amides is 2. The number of nitrogens with one attached hydrogen (secondary N) is 2. The van der Waals surface area contributed by atoms with E-state index in [4.69, 9.17) is 4.74 Å². The molecule has 0 saturated heterocycles. The molecule has 0 atom stereocenters. The third-order valence-electron chi connectivity index (χ3n) is 3.11. The van der Waals surface area contributed by atoms with Crippen LogP contribution in [0.3, 0.4) is 0 Å². The predicted octanol–water partition coefficient (Wildman–Crippen LogP) is 2.01. The van der Waals surface area contributed by atoms with Crippen LogP contribution in [0.1, 0.15) is 29.4 Å². The van der Waals surface area contributed by atoms with Crippen molar-refractivity contribution in [1.82, 2.24) is 10.3 Å². The van der Waals surface area contributed by atoms with Crippen molar-refractivity contribution in [2.24, 2.45) is 0 Å². The quantitative estimate of drug-likeness (QED) is 0.701. The van der Waals surface area contributed by atoms with Crippen LogP contribution in [-0.4, -0.2) is 35.9 Å². The largest absolute Gasteiger partial charge is 0.466 e. The zero-order chi connectivity index (χ0) is 18.1. The Morgan fingerprint density at radius 3 is 2.68 bits per heavy atom. The molecule has 2 N–H and O–H groups in total. The maximum atomic E-state index is 12.0. The number of nitrogens with zero attached hydrogens (tertiary/aromatic N) is 1. The lowest BCUT2D eigenvalue weighted by Gasteiger charge is -2.04. The molecule has 2 aromatic rings. The molecule has 8 heteroatoms. The highest BCUT2D eigenvalue weighted by Gasteiger charge is 2.11. The molecule has 0 aliphatic carbocycles. The summed E-state index contributed by atoms with van der Waals surface area (Å²) in [5, 5.41) is 7.48. The Labute approximate surface area is 149 Å². The van der Waals surface area contributed by atoms with Gasteiger partial charge in [0.1, 0.15) is 0 Å². The van der Waals surface area contributed by atoms with E-state index in [2.05, 4.69) is 15.6 Å². The van der Waals surface area contributed by atoms with Crippen LogP contribution in [0.15, 0.2) is 35.7 Å². The Kier molecular flexibility index (Phi) is 7.09. The lowest BCUT2D eigenvalue weighted by Crippen LogP contribution is -2.28. The number of carbonyl (C=O) groups is 3. The standard InChI is InChI=1S/C17H19N3O4S/c1-2-24-15(22)8-9-18-14(21)10-13-11-25-17(19-13)20-16(23)12-6-4-3-5-7-12/h3-7,11H,2,8-10H2,1H3,(H,18,21)(H,19,20,23). The van der Waals surface area contributed by atoms with Crippen LogP contribution in [-0.2, 0) is 20.7 Å². The third kappa shape index (κ3) is 6.34. The fraction of sp³-hybridized carbons (Fsp3) is 0.294. The SMILES string of the molecule is CCOC(=O)CCNC(=O)Cc1csc(NC(=O)c2ccccc2)n1. The van der Waals surface area contributed by atoms with E-state index in [-0.39, 0.29) is 37.2 Å². The summed E-state index contributed by atoms with van der Waals surface area (Å²) in [6.45, 7) is 2.27. The number of benzene rings is 1. The number of hydrogen-bond donors (Lipinski definition) is 2. The molecule has 1 heterocycles. The molecule has 0 aliphatic heterocycles. The molecule has 0 unspecified atom stereocenters. The lowest BCUT2D eigenvalue weighted by atomic mass is 10.2. The van der Waals surface area contributed by atoms with Gasteiger partial charge >= 0.3 is 5.97 Å². The van der Waals surface area contributed by atoms with Gasteiger partial charge in [-0.2, -0.15) is 0 Å². The minimum Gasteiger partial charge on any atom is -0.466 e. The van der Waals surface area contributed by atoms with Gasteiger partial charge in [-0.15, -0.1) is 11.3 Å². The Morgan fingerprint density at radius 1 is 1.20 bits per heavy atom. The average Bonchev–Trinajstić information content (AvgIpc) is 3.02. The maximum Gasteiger partial charge on any atom is 0.307 e. The number of thiazole rings is 1. The van der Waals surface area contributed by atoms with Gasteiger partial charge in [-0.05, 0) is 19.1 Å². The molecule has 1 aromatic carbocycles. The van der Waals surface area contributed by atoms with Crippen molar-refractivity contribution in [3.05, 3.63) is 47.0 Å². The first-order valence-corrected chi connectivity index (χ1v) is 8.69. The Balaban J connectivity index is 1.78. The number of anilines is 1. The lowest BCUT2D eigenvalue weighted by molar-refractivity contribution is -0.143. The van der Waals surface area contributed by atoms with Crippen LogP contribution >= 0.6 is 11.3 Å². The first-order chi connectivity index (χ1) is 12.1.